The molecule has 0 aromatic heterocycles. The van der Waals surface area contributed by atoms with Crippen molar-refractivity contribution >= 4 is 0 Å². The predicted octanol–water partition coefficient (Wildman–Crippen LogP) is 4.85. The molecule has 0 atom stereocenters. The van der Waals surface area contributed by atoms with E-state index in [1.165, 1.54) is 25.7 Å². The van der Waals surface area contributed by atoms with Crippen LogP contribution in [0.5, 0.6) is 0 Å². The summed E-state index contributed by atoms with van der Waals surface area (Å²) in [6, 6.07) is 0. The zero-order valence-corrected chi connectivity index (χ0v) is 9.41. The fourth-order valence-corrected chi connectivity index (χ4v) is 1.13. The molecule has 0 fully saturated rings. The van der Waals surface area contributed by atoms with Gasteiger partial charge in [-0.15, -0.1) is 0 Å². The maximum atomic E-state index is 3.82. The van der Waals surface area contributed by atoms with E-state index in [1.807, 2.05) is 0 Å². The normalized spacial score (nSPS) is 12.4. The second-order valence-electron chi connectivity index (χ2n) is 3.35. The van der Waals surface area contributed by atoms with Crippen molar-refractivity contribution in [3.63, 3.8) is 0 Å². The predicted molar refractivity (Wildman–Crippen MR) is 66.2 cm³/mol. The first-order valence-electron chi connectivity index (χ1n) is 5.69. The van der Waals surface area contributed by atoms with Crippen LogP contribution in [0.3, 0.4) is 0 Å². The van der Waals surface area contributed by atoms with Crippen molar-refractivity contribution in [3.05, 3.63) is 43.4 Å². The number of hydrogen-bond acceptors (Lipinski definition) is 0. The first-order chi connectivity index (χ1) is 6.91. The second kappa shape index (κ2) is 12.2. The first-order valence-corrected chi connectivity index (χ1v) is 5.69. The van der Waals surface area contributed by atoms with E-state index < -0.39 is 0 Å². The van der Waals surface area contributed by atoms with Crippen LogP contribution in [0.4, 0.5) is 0 Å². The van der Waals surface area contributed by atoms with Gasteiger partial charge in [0.15, 0.2) is 0 Å². The minimum absolute atomic E-state index is 1.07. The van der Waals surface area contributed by atoms with Gasteiger partial charge in [0.25, 0.3) is 0 Å². The molecule has 0 spiro atoms. The molecular weight excluding hydrogens is 168 g/mol. The molecule has 0 saturated carbocycles. The Morgan fingerprint density at radius 1 is 0.857 bits per heavy atom. The third kappa shape index (κ3) is 11.2. The molecule has 1 radical (unpaired) electrons. The SMILES string of the molecule is [CH2]CCCCCC=CC=CC=CCC. The highest BCUT2D eigenvalue weighted by Crippen LogP contribution is 2.02. The summed E-state index contributed by atoms with van der Waals surface area (Å²) in [5, 5.41) is 0. The summed E-state index contributed by atoms with van der Waals surface area (Å²) in [4.78, 5) is 0. The van der Waals surface area contributed by atoms with E-state index in [4.69, 9.17) is 0 Å². The zero-order chi connectivity index (χ0) is 10.5. The molecule has 0 aliphatic heterocycles. The number of rotatable bonds is 8. The summed E-state index contributed by atoms with van der Waals surface area (Å²) in [6.45, 7) is 5.97. The number of unbranched alkanes of at least 4 members (excludes halogenated alkanes) is 4. The summed E-state index contributed by atoms with van der Waals surface area (Å²) >= 11 is 0. The van der Waals surface area contributed by atoms with Gasteiger partial charge in [-0.25, -0.2) is 0 Å². The standard InChI is InChI=1S/C14H23/c1-3-5-7-9-11-13-14-12-10-8-6-4-2/h6,8,10,12-14H,1,3-5,7,9,11H2,2H3. The highest BCUT2D eigenvalue weighted by molar-refractivity contribution is 5.10. The molecule has 0 unspecified atom stereocenters. The van der Waals surface area contributed by atoms with Crippen molar-refractivity contribution in [2.75, 3.05) is 0 Å². The monoisotopic (exact) mass is 191 g/mol. The Labute approximate surface area is 89.4 Å². The van der Waals surface area contributed by atoms with Gasteiger partial charge >= 0.3 is 0 Å². The maximum Gasteiger partial charge on any atom is -0.0348 e. The van der Waals surface area contributed by atoms with Crippen LogP contribution in [0.25, 0.3) is 0 Å². The van der Waals surface area contributed by atoms with Gasteiger partial charge in [-0.2, -0.15) is 0 Å². The second-order valence-corrected chi connectivity index (χ2v) is 3.35. The van der Waals surface area contributed by atoms with Gasteiger partial charge in [0.1, 0.15) is 0 Å². The Kier molecular flexibility index (Phi) is 11.5. The van der Waals surface area contributed by atoms with Gasteiger partial charge in [0, 0.05) is 0 Å². The van der Waals surface area contributed by atoms with E-state index in [1.54, 1.807) is 0 Å². The van der Waals surface area contributed by atoms with Crippen molar-refractivity contribution in [3.8, 4) is 0 Å². The highest BCUT2D eigenvalue weighted by atomic mass is 13.9. The Morgan fingerprint density at radius 3 is 2.21 bits per heavy atom. The van der Waals surface area contributed by atoms with Gasteiger partial charge in [-0.1, -0.05) is 69.6 Å². The minimum atomic E-state index is 1.07. The van der Waals surface area contributed by atoms with Gasteiger partial charge < -0.3 is 0 Å². The van der Waals surface area contributed by atoms with E-state index in [0.29, 0.717) is 0 Å². The van der Waals surface area contributed by atoms with Crippen molar-refractivity contribution in [1.82, 2.24) is 0 Å². The highest BCUT2D eigenvalue weighted by Gasteiger charge is 1.82. The van der Waals surface area contributed by atoms with Crippen LogP contribution in [0.1, 0.15) is 45.4 Å². The van der Waals surface area contributed by atoms with Gasteiger partial charge in [-0.3, -0.25) is 0 Å². The lowest BCUT2D eigenvalue weighted by atomic mass is 10.1. The van der Waals surface area contributed by atoms with Crippen molar-refractivity contribution < 1.29 is 0 Å². The molecular formula is C14H23. The minimum Gasteiger partial charge on any atom is -0.0848 e. The van der Waals surface area contributed by atoms with E-state index in [2.05, 4.69) is 50.3 Å². The van der Waals surface area contributed by atoms with E-state index >= 15 is 0 Å². The molecule has 0 nitrogen and oxygen atoms in total. The van der Waals surface area contributed by atoms with Crippen LogP contribution in [-0.2, 0) is 0 Å². The summed E-state index contributed by atoms with van der Waals surface area (Å²) in [5.74, 6) is 0. The molecule has 14 heavy (non-hydrogen) atoms. The summed E-state index contributed by atoms with van der Waals surface area (Å²) in [6.07, 6.45) is 20.0. The molecule has 0 amide bonds. The zero-order valence-electron chi connectivity index (χ0n) is 9.41. The molecule has 0 heterocycles. The van der Waals surface area contributed by atoms with Crippen molar-refractivity contribution in [2.24, 2.45) is 0 Å². The molecule has 0 N–H and O–H groups in total. The largest absolute Gasteiger partial charge is 0.0848 e. The number of allylic oxidation sites excluding steroid dienone is 6. The molecule has 0 aromatic carbocycles. The Morgan fingerprint density at radius 2 is 1.57 bits per heavy atom. The third-order valence-corrected chi connectivity index (χ3v) is 1.96. The molecule has 0 aliphatic carbocycles. The van der Waals surface area contributed by atoms with Crippen LogP contribution in [0.15, 0.2) is 36.5 Å². The van der Waals surface area contributed by atoms with Crippen molar-refractivity contribution in [1.29, 1.82) is 0 Å². The topological polar surface area (TPSA) is 0 Å². The van der Waals surface area contributed by atoms with Crippen LogP contribution in [0.2, 0.25) is 0 Å². The molecule has 0 bridgehead atoms. The van der Waals surface area contributed by atoms with Crippen molar-refractivity contribution in [2.45, 2.75) is 45.4 Å². The molecule has 0 aromatic rings. The Hall–Kier alpha value is -0.780. The summed E-state index contributed by atoms with van der Waals surface area (Å²) in [5.41, 5.74) is 0. The first kappa shape index (κ1) is 13.2. The van der Waals surface area contributed by atoms with Gasteiger partial charge in [0.05, 0.1) is 0 Å². The van der Waals surface area contributed by atoms with Crippen LogP contribution in [0, 0.1) is 6.92 Å². The fourth-order valence-electron chi connectivity index (χ4n) is 1.13. The fraction of sp³-hybridized carbons (Fsp3) is 0.500. The van der Waals surface area contributed by atoms with Gasteiger partial charge in [0.2, 0.25) is 0 Å². The van der Waals surface area contributed by atoms with Crippen LogP contribution < -0.4 is 0 Å². The number of hydrogen-bond donors (Lipinski definition) is 0. The lowest BCUT2D eigenvalue weighted by Crippen LogP contribution is -1.73. The van der Waals surface area contributed by atoms with Gasteiger partial charge in [-0.05, 0) is 19.3 Å². The summed E-state index contributed by atoms with van der Waals surface area (Å²) in [7, 11) is 0. The molecule has 0 rings (SSSR count). The maximum absolute atomic E-state index is 3.82. The quantitative estimate of drug-likeness (QED) is 0.380. The Balaban J connectivity index is 3.26. The van der Waals surface area contributed by atoms with Crippen LogP contribution in [-0.4, -0.2) is 0 Å². The third-order valence-electron chi connectivity index (χ3n) is 1.96. The van der Waals surface area contributed by atoms with E-state index in [-0.39, 0.29) is 0 Å². The average molecular weight is 191 g/mol. The van der Waals surface area contributed by atoms with E-state index in [9.17, 15) is 0 Å². The Bertz CT molecular complexity index is 172. The molecule has 0 heteroatoms. The molecule has 0 aliphatic rings. The van der Waals surface area contributed by atoms with Crippen LogP contribution >= 0.6 is 0 Å². The molecule has 0 saturated heterocycles. The lowest BCUT2D eigenvalue weighted by molar-refractivity contribution is 0.695. The summed E-state index contributed by atoms with van der Waals surface area (Å²) < 4.78 is 0. The lowest BCUT2D eigenvalue weighted by Gasteiger charge is -1.92. The average Bonchev–Trinajstić information content (AvgIpc) is 2.21. The smallest absolute Gasteiger partial charge is 0.0348 e. The molecule has 79 valence electrons. The van der Waals surface area contributed by atoms with E-state index in [0.717, 1.165) is 12.8 Å².